The van der Waals surface area contributed by atoms with Crippen molar-refractivity contribution >= 4 is 17.2 Å². The predicted octanol–water partition coefficient (Wildman–Crippen LogP) is 2.62. The first kappa shape index (κ1) is 10.7. The van der Waals surface area contributed by atoms with Crippen molar-refractivity contribution in [1.82, 2.24) is 4.57 Å². The number of ether oxygens (including phenoxy) is 1. The standard InChI is InChI=1S/C13H15NO2/c1-8-5-10-9(2)12(7-15)14(3)11(10)6-13(8)16-4/h5-7H,1-4H3. The fourth-order valence-electron chi connectivity index (χ4n) is 2.16. The van der Waals surface area contributed by atoms with Crippen LogP contribution in [0.2, 0.25) is 0 Å². The van der Waals surface area contributed by atoms with E-state index in [4.69, 9.17) is 4.74 Å². The van der Waals surface area contributed by atoms with Crippen LogP contribution < -0.4 is 4.74 Å². The number of fused-ring (bicyclic) bond motifs is 1. The topological polar surface area (TPSA) is 31.2 Å². The van der Waals surface area contributed by atoms with Crippen LogP contribution in [0.25, 0.3) is 10.9 Å². The zero-order valence-electron chi connectivity index (χ0n) is 10.00. The molecule has 0 fully saturated rings. The largest absolute Gasteiger partial charge is 0.496 e. The second-order valence-electron chi connectivity index (χ2n) is 4.03. The number of methoxy groups -OCH3 is 1. The maximum atomic E-state index is 11.0. The maximum Gasteiger partial charge on any atom is 0.166 e. The summed E-state index contributed by atoms with van der Waals surface area (Å²) < 4.78 is 7.19. The highest BCUT2D eigenvalue weighted by Crippen LogP contribution is 2.30. The van der Waals surface area contributed by atoms with E-state index in [0.29, 0.717) is 0 Å². The zero-order chi connectivity index (χ0) is 11.9. The summed E-state index contributed by atoms with van der Waals surface area (Å²) in [5, 5.41) is 1.11. The Labute approximate surface area is 94.6 Å². The molecule has 0 aliphatic carbocycles. The highest BCUT2D eigenvalue weighted by Gasteiger charge is 2.13. The minimum atomic E-state index is 0.725. The quantitative estimate of drug-likeness (QED) is 0.724. The Balaban J connectivity index is 2.89. The third-order valence-electron chi connectivity index (χ3n) is 3.14. The molecule has 0 radical (unpaired) electrons. The van der Waals surface area contributed by atoms with Crippen LogP contribution in [0.15, 0.2) is 12.1 Å². The number of hydrogen-bond acceptors (Lipinski definition) is 2. The summed E-state index contributed by atoms with van der Waals surface area (Å²) in [6.45, 7) is 3.98. The summed E-state index contributed by atoms with van der Waals surface area (Å²) in [6.07, 6.45) is 0.900. The fraction of sp³-hybridized carbons (Fsp3) is 0.308. The molecule has 0 atom stereocenters. The lowest BCUT2D eigenvalue weighted by Gasteiger charge is -2.05. The molecular formula is C13H15NO2. The highest BCUT2D eigenvalue weighted by molar-refractivity contribution is 5.94. The highest BCUT2D eigenvalue weighted by atomic mass is 16.5. The van der Waals surface area contributed by atoms with Crippen molar-refractivity contribution in [1.29, 1.82) is 0 Å². The Hall–Kier alpha value is -1.77. The van der Waals surface area contributed by atoms with Crippen molar-refractivity contribution in [3.8, 4) is 5.75 Å². The normalized spacial score (nSPS) is 10.8. The number of carbonyl (C=O) groups is 1. The van der Waals surface area contributed by atoms with Crippen LogP contribution in [0.4, 0.5) is 0 Å². The molecule has 1 aromatic heterocycles. The van der Waals surface area contributed by atoms with Gasteiger partial charge in [-0.3, -0.25) is 4.79 Å². The molecule has 0 spiro atoms. The second-order valence-corrected chi connectivity index (χ2v) is 4.03. The first-order chi connectivity index (χ1) is 7.60. The Morgan fingerprint density at radius 3 is 2.56 bits per heavy atom. The van der Waals surface area contributed by atoms with Gasteiger partial charge in [0.05, 0.1) is 18.3 Å². The van der Waals surface area contributed by atoms with Crippen molar-refractivity contribution in [2.75, 3.05) is 7.11 Å². The molecule has 0 amide bonds. The van der Waals surface area contributed by atoms with Gasteiger partial charge in [-0.1, -0.05) is 0 Å². The third-order valence-corrected chi connectivity index (χ3v) is 3.14. The summed E-state index contributed by atoms with van der Waals surface area (Å²) in [6, 6.07) is 4.04. The number of carbonyl (C=O) groups excluding carboxylic acids is 1. The number of rotatable bonds is 2. The molecule has 1 heterocycles. The van der Waals surface area contributed by atoms with Crippen LogP contribution in [0, 0.1) is 13.8 Å². The van der Waals surface area contributed by atoms with E-state index in [1.165, 1.54) is 0 Å². The monoisotopic (exact) mass is 217 g/mol. The molecule has 0 saturated carbocycles. The molecule has 16 heavy (non-hydrogen) atoms. The van der Waals surface area contributed by atoms with E-state index in [9.17, 15) is 4.79 Å². The van der Waals surface area contributed by atoms with Crippen LogP contribution in [-0.2, 0) is 7.05 Å². The average molecular weight is 217 g/mol. The van der Waals surface area contributed by atoms with E-state index in [-0.39, 0.29) is 0 Å². The Morgan fingerprint density at radius 1 is 1.31 bits per heavy atom. The van der Waals surface area contributed by atoms with Gasteiger partial charge >= 0.3 is 0 Å². The van der Waals surface area contributed by atoms with Crippen molar-refractivity contribution in [3.63, 3.8) is 0 Å². The summed E-state index contributed by atoms with van der Waals surface area (Å²) >= 11 is 0. The van der Waals surface area contributed by atoms with Gasteiger partial charge in [-0.2, -0.15) is 0 Å². The van der Waals surface area contributed by atoms with Gasteiger partial charge in [-0.15, -0.1) is 0 Å². The summed E-state index contributed by atoms with van der Waals surface area (Å²) in [4.78, 5) is 11.0. The third kappa shape index (κ3) is 1.32. The van der Waals surface area contributed by atoms with Gasteiger partial charge in [-0.05, 0) is 31.0 Å². The van der Waals surface area contributed by atoms with Crippen LogP contribution >= 0.6 is 0 Å². The van der Waals surface area contributed by atoms with E-state index >= 15 is 0 Å². The van der Waals surface area contributed by atoms with Crippen LogP contribution in [0.5, 0.6) is 5.75 Å². The Morgan fingerprint density at radius 2 is 2.00 bits per heavy atom. The maximum absolute atomic E-state index is 11.0. The number of nitrogens with zero attached hydrogens (tertiary/aromatic N) is 1. The molecule has 0 unspecified atom stereocenters. The number of aromatic nitrogens is 1. The smallest absolute Gasteiger partial charge is 0.166 e. The molecule has 2 rings (SSSR count). The summed E-state index contributed by atoms with van der Waals surface area (Å²) in [7, 11) is 3.55. The lowest BCUT2D eigenvalue weighted by molar-refractivity contribution is 0.111. The molecule has 0 aliphatic rings. The fourth-order valence-corrected chi connectivity index (χ4v) is 2.16. The molecule has 1 aromatic carbocycles. The minimum Gasteiger partial charge on any atom is -0.496 e. The zero-order valence-corrected chi connectivity index (χ0v) is 10.00. The molecule has 0 saturated heterocycles. The lowest BCUT2D eigenvalue weighted by Crippen LogP contribution is -1.95. The lowest BCUT2D eigenvalue weighted by atomic mass is 10.1. The van der Waals surface area contributed by atoms with Crippen molar-refractivity contribution < 1.29 is 9.53 Å². The molecule has 0 N–H and O–H groups in total. The first-order valence-corrected chi connectivity index (χ1v) is 5.19. The predicted molar refractivity (Wildman–Crippen MR) is 64.3 cm³/mol. The number of benzene rings is 1. The van der Waals surface area contributed by atoms with E-state index in [0.717, 1.165) is 39.8 Å². The van der Waals surface area contributed by atoms with Gasteiger partial charge in [0.2, 0.25) is 0 Å². The minimum absolute atomic E-state index is 0.725. The van der Waals surface area contributed by atoms with Crippen molar-refractivity contribution in [2.24, 2.45) is 7.05 Å². The molecule has 0 bridgehead atoms. The molecule has 84 valence electrons. The van der Waals surface area contributed by atoms with Gasteiger partial charge in [-0.25, -0.2) is 0 Å². The summed E-state index contributed by atoms with van der Waals surface area (Å²) in [5.74, 6) is 0.852. The molecule has 3 heteroatoms. The molecular weight excluding hydrogens is 202 g/mol. The second kappa shape index (κ2) is 3.67. The van der Waals surface area contributed by atoms with Crippen molar-refractivity contribution in [2.45, 2.75) is 13.8 Å². The summed E-state index contributed by atoms with van der Waals surface area (Å²) in [5.41, 5.74) is 3.86. The number of aryl methyl sites for hydroxylation is 3. The van der Waals surface area contributed by atoms with E-state index in [1.807, 2.05) is 31.5 Å². The van der Waals surface area contributed by atoms with E-state index in [1.54, 1.807) is 7.11 Å². The number of hydrogen-bond donors (Lipinski definition) is 0. The average Bonchev–Trinajstić information content (AvgIpc) is 2.50. The van der Waals surface area contributed by atoms with E-state index in [2.05, 4.69) is 6.07 Å². The van der Waals surface area contributed by atoms with Crippen LogP contribution in [0.1, 0.15) is 21.6 Å². The van der Waals surface area contributed by atoms with Crippen LogP contribution in [0.3, 0.4) is 0 Å². The Bertz CT molecular complexity index is 567. The SMILES string of the molecule is COc1cc2c(cc1C)c(C)c(C=O)n2C. The number of aldehydes is 1. The van der Waals surface area contributed by atoms with E-state index < -0.39 is 0 Å². The van der Waals surface area contributed by atoms with Gasteiger partial charge in [0.1, 0.15) is 5.75 Å². The van der Waals surface area contributed by atoms with Crippen molar-refractivity contribution in [3.05, 3.63) is 29.0 Å². The van der Waals surface area contributed by atoms with Gasteiger partial charge in [0.15, 0.2) is 6.29 Å². The van der Waals surface area contributed by atoms with Gasteiger partial charge in [0.25, 0.3) is 0 Å². The Kier molecular flexibility index (Phi) is 2.46. The molecule has 0 aliphatic heterocycles. The van der Waals surface area contributed by atoms with Crippen LogP contribution in [-0.4, -0.2) is 18.0 Å². The molecule has 2 aromatic rings. The molecule has 3 nitrogen and oxygen atoms in total. The first-order valence-electron chi connectivity index (χ1n) is 5.19. The van der Waals surface area contributed by atoms with Gasteiger partial charge in [0, 0.05) is 18.5 Å². The van der Waals surface area contributed by atoms with Gasteiger partial charge < -0.3 is 9.30 Å².